The van der Waals surface area contributed by atoms with Gasteiger partial charge in [0.1, 0.15) is 49.4 Å². The first-order chi connectivity index (χ1) is 36.3. The molecule has 5 aliphatic rings. The first-order valence-corrected chi connectivity index (χ1v) is 25.1. The molecule has 0 spiro atoms. The van der Waals surface area contributed by atoms with Crippen molar-refractivity contribution in [1.29, 1.82) is 0 Å². The van der Waals surface area contributed by atoms with Crippen molar-refractivity contribution in [1.82, 2.24) is 21.3 Å². The van der Waals surface area contributed by atoms with E-state index >= 15 is 0 Å². The summed E-state index contributed by atoms with van der Waals surface area (Å²) in [6.45, 7) is 0.457. The van der Waals surface area contributed by atoms with Gasteiger partial charge in [-0.05, 0) is 125 Å². The van der Waals surface area contributed by atoms with Crippen molar-refractivity contribution in [2.45, 2.75) is 51.9 Å². The van der Waals surface area contributed by atoms with Crippen LogP contribution in [-0.4, -0.2) is 85.3 Å². The van der Waals surface area contributed by atoms with Crippen LogP contribution >= 0.6 is 0 Å². The van der Waals surface area contributed by atoms with Gasteiger partial charge in [0.15, 0.2) is 0 Å². The van der Waals surface area contributed by atoms with Crippen LogP contribution in [0, 0.1) is 0 Å². The summed E-state index contributed by atoms with van der Waals surface area (Å²) in [6.07, 6.45) is 1.36. The maximum Gasteiger partial charge on any atom is 0.315 e. The van der Waals surface area contributed by atoms with Gasteiger partial charge in [-0.1, -0.05) is 97.1 Å². The lowest BCUT2D eigenvalue weighted by Crippen LogP contribution is -2.34. The summed E-state index contributed by atoms with van der Waals surface area (Å²) in [4.78, 5) is 26.3. The number of hydrogen-bond acceptors (Lipinski definition) is 10. The number of nitrogens with one attached hydrogen (secondary N) is 4. The van der Waals surface area contributed by atoms with Gasteiger partial charge in [0.05, 0.1) is 26.4 Å². The highest BCUT2D eigenvalue weighted by atomic mass is 16.5. The fourth-order valence-electron chi connectivity index (χ4n) is 9.70. The lowest BCUT2D eigenvalue weighted by molar-refractivity contribution is 0.197. The SMILES string of the molecule is O=C1NCc2ccc(cc2)CNC(=O)NCc2cccc(c2)-c2cc3c(OCCO)c(c2)Cc2cccc(c2OCCO)Cc2cc(cc(c2OCCO)Cc2cccc(c2OCCO)C3)-c2cccc(c2)CN1. The Morgan fingerprint density at radius 2 is 0.608 bits per heavy atom. The van der Waals surface area contributed by atoms with Crippen molar-refractivity contribution in [2.24, 2.45) is 0 Å². The summed E-state index contributed by atoms with van der Waals surface area (Å²) in [5.41, 5.74) is 13.8. The molecule has 16 bridgehead atoms. The molecule has 0 aromatic heterocycles. The Balaban J connectivity index is 1.26. The zero-order valence-electron chi connectivity index (χ0n) is 41.3. The fraction of sp³-hybridized carbons (Fsp3) is 0.267. The highest BCUT2D eigenvalue weighted by Gasteiger charge is 2.24. The summed E-state index contributed by atoms with van der Waals surface area (Å²) in [6, 6.07) is 43.5. The molecule has 14 heteroatoms. The van der Waals surface area contributed by atoms with Gasteiger partial charge in [-0.3, -0.25) is 0 Å². The van der Waals surface area contributed by atoms with Crippen LogP contribution in [0.4, 0.5) is 9.59 Å². The van der Waals surface area contributed by atoms with Crippen LogP contribution in [0.5, 0.6) is 23.0 Å². The van der Waals surface area contributed by atoms with E-state index in [0.29, 0.717) is 61.8 Å². The molecule has 1 aliphatic carbocycles. The molecular formula is C60H62N4O10. The Kier molecular flexibility index (Phi) is 17.0. The number of para-hydroxylation sites is 2. The molecular weight excluding hydrogens is 937 g/mol. The highest BCUT2D eigenvalue weighted by molar-refractivity contribution is 5.75. The van der Waals surface area contributed by atoms with E-state index in [0.717, 1.165) is 89.0 Å². The first-order valence-electron chi connectivity index (χ1n) is 25.1. The van der Waals surface area contributed by atoms with Crippen molar-refractivity contribution in [3.63, 3.8) is 0 Å². The van der Waals surface area contributed by atoms with Gasteiger partial charge in [0, 0.05) is 51.9 Å². The molecule has 0 unspecified atom stereocenters. The van der Waals surface area contributed by atoms with Crippen LogP contribution in [0.2, 0.25) is 0 Å². The molecule has 14 nitrogen and oxygen atoms in total. The molecule has 0 radical (unpaired) electrons. The minimum atomic E-state index is -0.322. The predicted molar refractivity (Wildman–Crippen MR) is 283 cm³/mol. The molecule has 74 heavy (non-hydrogen) atoms. The van der Waals surface area contributed by atoms with Crippen LogP contribution in [0.3, 0.4) is 0 Å². The molecule has 7 aromatic rings. The van der Waals surface area contributed by atoms with E-state index in [4.69, 9.17) is 18.9 Å². The molecule has 0 saturated heterocycles. The number of ether oxygens (including phenoxy) is 4. The van der Waals surface area contributed by atoms with Gasteiger partial charge in [-0.2, -0.15) is 0 Å². The fourth-order valence-corrected chi connectivity index (χ4v) is 9.70. The number of aliphatic hydroxyl groups is 4. The second-order valence-corrected chi connectivity index (χ2v) is 18.3. The third kappa shape index (κ3) is 12.6. The van der Waals surface area contributed by atoms with Gasteiger partial charge in [-0.15, -0.1) is 0 Å². The van der Waals surface area contributed by atoms with Crippen molar-refractivity contribution >= 4 is 12.1 Å². The Hall–Kier alpha value is -7.88. The zero-order valence-corrected chi connectivity index (χ0v) is 41.3. The van der Waals surface area contributed by atoms with Gasteiger partial charge in [0.2, 0.25) is 0 Å². The maximum absolute atomic E-state index is 13.2. The topological polar surface area (TPSA) is 200 Å². The molecule has 0 atom stereocenters. The molecule has 4 amide bonds. The van der Waals surface area contributed by atoms with Crippen molar-refractivity contribution in [2.75, 3.05) is 52.9 Å². The molecule has 7 aromatic carbocycles. The van der Waals surface area contributed by atoms with Gasteiger partial charge in [-0.25, -0.2) is 9.59 Å². The predicted octanol–water partition coefficient (Wildman–Crippen LogP) is 7.49. The zero-order chi connectivity index (χ0) is 51.2. The van der Waals surface area contributed by atoms with Gasteiger partial charge < -0.3 is 60.6 Å². The molecule has 0 saturated carbocycles. The van der Waals surface area contributed by atoms with E-state index in [-0.39, 0.29) is 78.0 Å². The van der Waals surface area contributed by atoms with Gasteiger partial charge in [0.25, 0.3) is 0 Å². The first kappa shape index (κ1) is 51.0. The Morgan fingerprint density at radius 1 is 0.324 bits per heavy atom. The average Bonchev–Trinajstić information content (AvgIpc) is 3.42. The molecule has 0 fully saturated rings. The quantitative estimate of drug-likeness (QED) is 0.0607. The highest BCUT2D eigenvalue weighted by Crippen LogP contribution is 2.42. The van der Waals surface area contributed by atoms with Crippen LogP contribution < -0.4 is 40.2 Å². The number of amides is 4. The van der Waals surface area contributed by atoms with Gasteiger partial charge >= 0.3 is 12.1 Å². The third-order valence-corrected chi connectivity index (χ3v) is 13.1. The number of benzene rings is 7. The minimum Gasteiger partial charge on any atom is -0.491 e. The normalized spacial score (nSPS) is 13.6. The number of rotatable bonds is 12. The Morgan fingerprint density at radius 3 is 0.919 bits per heavy atom. The number of urea groups is 2. The summed E-state index contributed by atoms with van der Waals surface area (Å²) in [5, 5.41) is 52.7. The lowest BCUT2D eigenvalue weighted by Gasteiger charge is -2.24. The smallest absolute Gasteiger partial charge is 0.315 e. The molecule has 12 rings (SSSR count). The Labute approximate surface area is 430 Å². The molecule has 8 N–H and O–H groups in total. The van der Waals surface area contributed by atoms with E-state index in [1.165, 1.54) is 0 Å². The van der Waals surface area contributed by atoms with E-state index in [2.05, 4.69) is 57.7 Å². The van der Waals surface area contributed by atoms with Crippen LogP contribution in [-0.2, 0) is 51.9 Å². The number of carbonyl (C=O) groups excluding carboxylic acids is 2. The second kappa shape index (κ2) is 24.7. The molecule has 4 aliphatic heterocycles. The van der Waals surface area contributed by atoms with E-state index < -0.39 is 0 Å². The lowest BCUT2D eigenvalue weighted by atomic mass is 9.88. The number of carbonyl (C=O) groups is 2. The van der Waals surface area contributed by atoms with Crippen molar-refractivity contribution in [3.8, 4) is 45.3 Å². The monoisotopic (exact) mass is 998 g/mol. The van der Waals surface area contributed by atoms with E-state index in [1.807, 2.05) is 97.1 Å². The third-order valence-electron chi connectivity index (χ3n) is 13.1. The molecule has 382 valence electrons. The number of aliphatic hydroxyl groups excluding tert-OH is 4. The summed E-state index contributed by atoms with van der Waals surface area (Å²) >= 11 is 0. The second-order valence-electron chi connectivity index (χ2n) is 18.3. The average molecular weight is 999 g/mol. The summed E-state index contributed by atoms with van der Waals surface area (Å²) in [5.74, 6) is 2.40. The van der Waals surface area contributed by atoms with E-state index in [1.54, 1.807) is 0 Å². The maximum atomic E-state index is 13.2. The summed E-state index contributed by atoms with van der Waals surface area (Å²) < 4.78 is 26.1. The minimum absolute atomic E-state index is 0.0396. The van der Waals surface area contributed by atoms with E-state index in [9.17, 15) is 30.0 Å². The largest absolute Gasteiger partial charge is 0.491 e. The van der Waals surface area contributed by atoms with Crippen molar-refractivity contribution in [3.05, 3.63) is 200 Å². The molecule has 4 heterocycles. The van der Waals surface area contributed by atoms with Crippen LogP contribution in [0.1, 0.15) is 66.8 Å². The Bertz CT molecular complexity index is 2790. The summed E-state index contributed by atoms with van der Waals surface area (Å²) in [7, 11) is 0. The van der Waals surface area contributed by atoms with Crippen molar-refractivity contribution < 1.29 is 49.0 Å². The number of hydrogen-bond donors (Lipinski definition) is 8. The van der Waals surface area contributed by atoms with Crippen LogP contribution in [0.25, 0.3) is 22.3 Å². The van der Waals surface area contributed by atoms with Crippen LogP contribution in [0.15, 0.2) is 133 Å². The standard InChI is InChI=1S/C60H62N4O10/c65-17-21-71-55-45-9-3-11-47(55)29-53-33-50-34-54(58(53)74-24-20-68)30-48-12-4-10-46(56(48)72-22-18-66)28-52-32-49(31-51(27-45)57(52)73-23-19-67)43-7-1-5-41(25-43)37-63-59(69)61-35-39-13-15-40(16-14-39)36-62-60(70)64-38-42-6-2-8-44(50)26-42/h1-16,25-26,31-34,65-68H,17-24,27-30,35-38H2,(H2,61,63,69)(H2,62,64,70).